The monoisotopic (exact) mass is 416 g/mol. The van der Waals surface area contributed by atoms with Crippen molar-refractivity contribution in [1.29, 1.82) is 0 Å². The minimum Gasteiger partial charge on any atom is -0.322 e. The van der Waals surface area contributed by atoms with E-state index in [2.05, 4.69) is 10.0 Å². The van der Waals surface area contributed by atoms with Gasteiger partial charge < -0.3 is 5.32 Å². The summed E-state index contributed by atoms with van der Waals surface area (Å²) in [5, 5.41) is 4.63. The number of sulfonamides is 1. The van der Waals surface area contributed by atoms with E-state index >= 15 is 0 Å². The van der Waals surface area contributed by atoms with Crippen LogP contribution in [0.1, 0.15) is 15.9 Å². The molecule has 0 bridgehead atoms. The normalized spacial score (nSPS) is 11.2. The number of hydrogen-bond acceptors (Lipinski definition) is 3. The maximum absolute atomic E-state index is 12.8. The number of rotatable bonds is 5. The van der Waals surface area contributed by atoms with Crippen molar-refractivity contribution < 1.29 is 13.2 Å². The molecule has 0 aliphatic carbocycles. The van der Waals surface area contributed by atoms with Crippen molar-refractivity contribution in [3.63, 3.8) is 0 Å². The molecule has 0 heterocycles. The highest BCUT2D eigenvalue weighted by Gasteiger charge is 2.16. The van der Waals surface area contributed by atoms with Crippen molar-refractivity contribution in [1.82, 2.24) is 0 Å². The molecule has 2 N–H and O–H groups in total. The summed E-state index contributed by atoms with van der Waals surface area (Å²) in [4.78, 5) is 12.7. The molecule has 6 heteroatoms. The predicted octanol–water partition coefficient (Wildman–Crippen LogP) is 5.20. The minimum atomic E-state index is -3.79. The van der Waals surface area contributed by atoms with Gasteiger partial charge in [-0.05, 0) is 65.7 Å². The minimum absolute atomic E-state index is 0.163. The Morgan fingerprint density at radius 2 is 1.47 bits per heavy atom. The highest BCUT2D eigenvalue weighted by molar-refractivity contribution is 7.92. The van der Waals surface area contributed by atoms with Crippen LogP contribution >= 0.6 is 0 Å². The summed E-state index contributed by atoms with van der Waals surface area (Å²) < 4.78 is 28.2. The van der Waals surface area contributed by atoms with Crippen molar-refractivity contribution >= 4 is 38.1 Å². The van der Waals surface area contributed by atoms with Gasteiger partial charge in [-0.3, -0.25) is 9.52 Å². The number of anilines is 2. The lowest BCUT2D eigenvalue weighted by atomic mass is 10.1. The van der Waals surface area contributed by atoms with Gasteiger partial charge in [0.25, 0.3) is 15.9 Å². The van der Waals surface area contributed by atoms with E-state index in [-0.39, 0.29) is 10.8 Å². The maximum Gasteiger partial charge on any atom is 0.261 e. The van der Waals surface area contributed by atoms with E-state index in [1.54, 1.807) is 42.5 Å². The molecule has 0 saturated carbocycles. The molecule has 0 spiro atoms. The molecule has 0 saturated heterocycles. The summed E-state index contributed by atoms with van der Waals surface area (Å²) in [6.07, 6.45) is 0. The highest BCUT2D eigenvalue weighted by Crippen LogP contribution is 2.22. The first kappa shape index (κ1) is 19.7. The third-order valence-electron chi connectivity index (χ3n) is 4.68. The number of carbonyl (C=O) groups excluding carboxylic acids is 1. The number of amides is 1. The first-order chi connectivity index (χ1) is 14.4. The average Bonchev–Trinajstić information content (AvgIpc) is 2.73. The molecule has 5 nitrogen and oxygen atoms in total. The zero-order valence-electron chi connectivity index (χ0n) is 16.3. The summed E-state index contributed by atoms with van der Waals surface area (Å²) >= 11 is 0. The molecule has 0 radical (unpaired) electrons. The topological polar surface area (TPSA) is 75.3 Å². The molecular weight excluding hydrogens is 396 g/mol. The number of carbonyl (C=O) groups is 1. The van der Waals surface area contributed by atoms with Gasteiger partial charge in [-0.1, -0.05) is 48.5 Å². The molecule has 150 valence electrons. The third kappa shape index (κ3) is 4.34. The average molecular weight is 417 g/mol. The lowest BCUT2D eigenvalue weighted by Gasteiger charge is -2.11. The molecule has 0 aliphatic rings. The summed E-state index contributed by atoms with van der Waals surface area (Å²) in [7, 11) is -3.79. The second-order valence-corrected chi connectivity index (χ2v) is 8.70. The Labute approximate surface area is 175 Å². The lowest BCUT2D eigenvalue weighted by Crippen LogP contribution is -2.15. The van der Waals surface area contributed by atoms with E-state index in [4.69, 9.17) is 0 Å². The van der Waals surface area contributed by atoms with Crippen LogP contribution in [0, 0.1) is 6.92 Å². The Kier molecular flexibility index (Phi) is 5.25. The molecule has 0 unspecified atom stereocenters. The third-order valence-corrected chi connectivity index (χ3v) is 6.06. The molecule has 0 aliphatic heterocycles. The van der Waals surface area contributed by atoms with Crippen LogP contribution in [0.2, 0.25) is 0 Å². The Morgan fingerprint density at radius 3 is 2.27 bits per heavy atom. The zero-order chi connectivity index (χ0) is 21.1. The van der Waals surface area contributed by atoms with Gasteiger partial charge in [0.05, 0.1) is 4.90 Å². The van der Waals surface area contributed by atoms with E-state index in [9.17, 15) is 13.2 Å². The summed E-state index contributed by atoms with van der Waals surface area (Å²) in [6.45, 7) is 1.94. The quantitative estimate of drug-likeness (QED) is 0.469. The zero-order valence-corrected chi connectivity index (χ0v) is 17.1. The molecule has 0 aromatic heterocycles. The highest BCUT2D eigenvalue weighted by atomic mass is 32.2. The van der Waals surface area contributed by atoms with Gasteiger partial charge >= 0.3 is 0 Å². The molecule has 4 rings (SSSR count). The standard InChI is InChI=1S/C24H20N2O3S/c1-17-6-4-10-21(14-17)25-24(27)20-9-5-11-22(15-20)26-30(28,29)23-13-12-18-7-2-3-8-19(18)16-23/h2-16,26H,1H3,(H,25,27). The van der Waals surface area contributed by atoms with Crippen molar-refractivity contribution in [2.75, 3.05) is 10.0 Å². The van der Waals surface area contributed by atoms with E-state index in [0.29, 0.717) is 16.9 Å². The fourth-order valence-corrected chi connectivity index (χ4v) is 4.28. The SMILES string of the molecule is Cc1cccc(NC(=O)c2cccc(NS(=O)(=O)c3ccc4ccccc4c3)c2)c1. The van der Waals surface area contributed by atoms with E-state index in [0.717, 1.165) is 16.3 Å². The van der Waals surface area contributed by atoms with Crippen molar-refractivity contribution in [3.05, 3.63) is 102 Å². The number of fused-ring (bicyclic) bond motifs is 1. The molecule has 1 amide bonds. The molecule has 30 heavy (non-hydrogen) atoms. The van der Waals surface area contributed by atoms with Gasteiger partial charge in [-0.2, -0.15) is 0 Å². The smallest absolute Gasteiger partial charge is 0.261 e. The maximum atomic E-state index is 12.8. The predicted molar refractivity (Wildman–Crippen MR) is 120 cm³/mol. The largest absolute Gasteiger partial charge is 0.322 e. The van der Waals surface area contributed by atoms with Crippen molar-refractivity contribution in [3.8, 4) is 0 Å². The van der Waals surface area contributed by atoms with Gasteiger partial charge in [0.15, 0.2) is 0 Å². The van der Waals surface area contributed by atoms with Crippen LogP contribution in [0.15, 0.2) is 95.9 Å². The van der Waals surface area contributed by atoms with Gasteiger partial charge in [0.1, 0.15) is 0 Å². The van der Waals surface area contributed by atoms with Crippen molar-refractivity contribution in [2.24, 2.45) is 0 Å². The first-order valence-corrected chi connectivity index (χ1v) is 10.9. The van der Waals surface area contributed by atoms with Crippen LogP contribution in [0.25, 0.3) is 10.8 Å². The summed E-state index contributed by atoms with van der Waals surface area (Å²) in [6, 6.07) is 26.4. The van der Waals surface area contributed by atoms with Crippen LogP contribution in [0.5, 0.6) is 0 Å². The summed E-state index contributed by atoms with van der Waals surface area (Å²) in [5.74, 6) is -0.313. The van der Waals surface area contributed by atoms with Gasteiger partial charge in [0, 0.05) is 16.9 Å². The second-order valence-electron chi connectivity index (χ2n) is 7.02. The number of benzene rings is 4. The van der Waals surface area contributed by atoms with Gasteiger partial charge in [-0.25, -0.2) is 8.42 Å². The van der Waals surface area contributed by atoms with E-state index < -0.39 is 10.0 Å². The van der Waals surface area contributed by atoms with Gasteiger partial charge in [0.2, 0.25) is 0 Å². The van der Waals surface area contributed by atoms with Crippen LogP contribution in [0.3, 0.4) is 0 Å². The fraction of sp³-hybridized carbons (Fsp3) is 0.0417. The molecule has 4 aromatic carbocycles. The Hall–Kier alpha value is -3.64. The van der Waals surface area contributed by atoms with E-state index in [1.165, 1.54) is 6.07 Å². The van der Waals surface area contributed by atoms with Crippen LogP contribution in [0.4, 0.5) is 11.4 Å². The Balaban J connectivity index is 1.56. The fourth-order valence-electron chi connectivity index (χ4n) is 3.20. The molecule has 0 atom stereocenters. The summed E-state index contributed by atoms with van der Waals surface area (Å²) in [5.41, 5.74) is 2.39. The lowest BCUT2D eigenvalue weighted by molar-refractivity contribution is 0.102. The second kappa shape index (κ2) is 8.00. The molecule has 4 aromatic rings. The number of aryl methyl sites for hydroxylation is 1. The molecular formula is C24H20N2O3S. The number of nitrogens with one attached hydrogen (secondary N) is 2. The van der Waals surface area contributed by atoms with Crippen LogP contribution < -0.4 is 10.0 Å². The Morgan fingerprint density at radius 1 is 0.733 bits per heavy atom. The van der Waals surface area contributed by atoms with Gasteiger partial charge in [-0.15, -0.1) is 0 Å². The van der Waals surface area contributed by atoms with Crippen molar-refractivity contribution in [2.45, 2.75) is 11.8 Å². The Bertz CT molecular complexity index is 1350. The number of hydrogen-bond donors (Lipinski definition) is 2. The van der Waals surface area contributed by atoms with Crippen LogP contribution in [-0.4, -0.2) is 14.3 Å². The first-order valence-electron chi connectivity index (χ1n) is 9.40. The molecule has 0 fully saturated rings. The van der Waals surface area contributed by atoms with E-state index in [1.807, 2.05) is 49.4 Å². The van der Waals surface area contributed by atoms with Crippen LogP contribution in [-0.2, 0) is 10.0 Å².